The molecule has 0 unspecified atom stereocenters. The SMILES string of the molecule is NCc1cc2c(O)ccc(F)c2[nH]1. The van der Waals surface area contributed by atoms with Gasteiger partial charge in [-0.05, 0) is 18.2 Å². The van der Waals surface area contributed by atoms with Crippen molar-refractivity contribution in [3.8, 4) is 5.75 Å². The maximum absolute atomic E-state index is 13.1. The fraction of sp³-hybridized carbons (Fsp3) is 0.111. The van der Waals surface area contributed by atoms with E-state index < -0.39 is 0 Å². The van der Waals surface area contributed by atoms with Crippen molar-refractivity contribution in [2.24, 2.45) is 5.73 Å². The van der Waals surface area contributed by atoms with Gasteiger partial charge in [-0.2, -0.15) is 0 Å². The fourth-order valence-corrected chi connectivity index (χ4v) is 1.34. The first-order valence-electron chi connectivity index (χ1n) is 3.91. The van der Waals surface area contributed by atoms with Crippen molar-refractivity contribution in [1.82, 2.24) is 4.98 Å². The highest BCUT2D eigenvalue weighted by Gasteiger charge is 2.07. The zero-order valence-corrected chi connectivity index (χ0v) is 6.84. The normalized spacial score (nSPS) is 10.9. The van der Waals surface area contributed by atoms with Gasteiger partial charge in [0, 0.05) is 17.6 Å². The van der Waals surface area contributed by atoms with E-state index in [0.717, 1.165) is 0 Å². The van der Waals surface area contributed by atoms with Gasteiger partial charge in [0.2, 0.25) is 0 Å². The number of aromatic amines is 1. The Morgan fingerprint density at radius 1 is 1.46 bits per heavy atom. The van der Waals surface area contributed by atoms with Gasteiger partial charge in [-0.3, -0.25) is 0 Å². The predicted octanol–water partition coefficient (Wildman–Crippen LogP) is 1.47. The molecule has 4 N–H and O–H groups in total. The smallest absolute Gasteiger partial charge is 0.147 e. The third kappa shape index (κ3) is 1.15. The Balaban J connectivity index is 2.80. The third-order valence-corrected chi connectivity index (χ3v) is 2.00. The molecule has 0 aliphatic rings. The molecular formula is C9H9FN2O. The first-order valence-corrected chi connectivity index (χ1v) is 3.91. The van der Waals surface area contributed by atoms with Crippen molar-refractivity contribution in [3.05, 3.63) is 29.7 Å². The van der Waals surface area contributed by atoms with Crippen LogP contribution in [0.4, 0.5) is 4.39 Å². The van der Waals surface area contributed by atoms with E-state index >= 15 is 0 Å². The number of H-pyrrole nitrogens is 1. The van der Waals surface area contributed by atoms with E-state index in [1.165, 1.54) is 12.1 Å². The Labute approximate surface area is 74.0 Å². The van der Waals surface area contributed by atoms with Gasteiger partial charge >= 0.3 is 0 Å². The minimum atomic E-state index is -0.382. The van der Waals surface area contributed by atoms with Gasteiger partial charge < -0.3 is 15.8 Å². The third-order valence-electron chi connectivity index (χ3n) is 2.00. The van der Waals surface area contributed by atoms with Crippen LogP contribution in [0.15, 0.2) is 18.2 Å². The molecule has 3 nitrogen and oxygen atoms in total. The maximum Gasteiger partial charge on any atom is 0.147 e. The van der Waals surface area contributed by atoms with Crippen LogP contribution in [0.2, 0.25) is 0 Å². The quantitative estimate of drug-likeness (QED) is 0.622. The van der Waals surface area contributed by atoms with Crippen molar-refractivity contribution in [1.29, 1.82) is 0 Å². The van der Waals surface area contributed by atoms with Gasteiger partial charge in [-0.15, -0.1) is 0 Å². The molecule has 2 rings (SSSR count). The largest absolute Gasteiger partial charge is 0.507 e. The Bertz CT molecular complexity index is 411. The minimum Gasteiger partial charge on any atom is -0.507 e. The standard InChI is InChI=1S/C9H9FN2O/c10-7-1-2-8(13)6-3-5(4-11)12-9(6)7/h1-3,12-13H,4,11H2. The molecular weight excluding hydrogens is 171 g/mol. The number of benzene rings is 1. The van der Waals surface area contributed by atoms with E-state index in [2.05, 4.69) is 4.98 Å². The second-order valence-electron chi connectivity index (χ2n) is 2.85. The molecule has 0 bridgehead atoms. The molecule has 1 aromatic carbocycles. The highest BCUT2D eigenvalue weighted by molar-refractivity contribution is 5.86. The summed E-state index contributed by atoms with van der Waals surface area (Å²) in [6, 6.07) is 4.19. The molecule has 0 fully saturated rings. The van der Waals surface area contributed by atoms with Gasteiger partial charge in [0.05, 0.1) is 5.52 Å². The van der Waals surface area contributed by atoms with Crippen LogP contribution in [0.5, 0.6) is 5.75 Å². The molecule has 1 aromatic heterocycles. The lowest BCUT2D eigenvalue weighted by atomic mass is 10.2. The van der Waals surface area contributed by atoms with Crippen LogP contribution in [-0.4, -0.2) is 10.1 Å². The highest BCUT2D eigenvalue weighted by atomic mass is 19.1. The van der Waals surface area contributed by atoms with Crippen molar-refractivity contribution in [2.45, 2.75) is 6.54 Å². The van der Waals surface area contributed by atoms with Crippen molar-refractivity contribution in [3.63, 3.8) is 0 Å². The lowest BCUT2D eigenvalue weighted by Crippen LogP contribution is -1.95. The van der Waals surface area contributed by atoms with Gasteiger partial charge in [-0.25, -0.2) is 4.39 Å². The number of fused-ring (bicyclic) bond motifs is 1. The summed E-state index contributed by atoms with van der Waals surface area (Å²) in [6.07, 6.45) is 0. The molecule has 4 heteroatoms. The molecule has 0 spiro atoms. The summed E-state index contributed by atoms with van der Waals surface area (Å²) in [4.78, 5) is 2.79. The van der Waals surface area contributed by atoms with E-state index in [1.54, 1.807) is 6.07 Å². The van der Waals surface area contributed by atoms with E-state index in [1.807, 2.05) is 0 Å². The van der Waals surface area contributed by atoms with Crippen LogP contribution < -0.4 is 5.73 Å². The number of rotatable bonds is 1. The summed E-state index contributed by atoms with van der Waals surface area (Å²) < 4.78 is 13.1. The van der Waals surface area contributed by atoms with Crippen molar-refractivity contribution >= 4 is 10.9 Å². The zero-order valence-electron chi connectivity index (χ0n) is 6.84. The number of phenolic OH excluding ortho intramolecular Hbond substituents is 1. The second kappa shape index (κ2) is 2.74. The topological polar surface area (TPSA) is 62.0 Å². The number of aromatic hydroxyl groups is 1. The van der Waals surface area contributed by atoms with Crippen LogP contribution in [0.25, 0.3) is 10.9 Å². The number of hydrogen-bond acceptors (Lipinski definition) is 2. The number of aromatic nitrogens is 1. The maximum atomic E-state index is 13.1. The van der Waals surface area contributed by atoms with Crippen molar-refractivity contribution in [2.75, 3.05) is 0 Å². The molecule has 13 heavy (non-hydrogen) atoms. The highest BCUT2D eigenvalue weighted by Crippen LogP contribution is 2.27. The molecule has 0 atom stereocenters. The Kier molecular flexibility index (Phi) is 1.70. The van der Waals surface area contributed by atoms with E-state index in [9.17, 15) is 9.50 Å². The molecule has 0 radical (unpaired) electrons. The number of phenols is 1. The van der Waals surface area contributed by atoms with Gasteiger partial charge in [0.1, 0.15) is 11.6 Å². The van der Waals surface area contributed by atoms with Crippen LogP contribution >= 0.6 is 0 Å². The molecule has 0 saturated carbocycles. The molecule has 1 heterocycles. The summed E-state index contributed by atoms with van der Waals surface area (Å²) in [5.41, 5.74) is 6.39. The van der Waals surface area contributed by atoms with Crippen LogP contribution in [0, 0.1) is 5.82 Å². The summed E-state index contributed by atoms with van der Waals surface area (Å²) in [5.74, 6) is -0.320. The average Bonchev–Trinajstić information content (AvgIpc) is 2.56. The summed E-state index contributed by atoms with van der Waals surface area (Å²) in [7, 11) is 0. The Morgan fingerprint density at radius 3 is 2.85 bits per heavy atom. The summed E-state index contributed by atoms with van der Waals surface area (Å²) in [5, 5.41) is 9.85. The van der Waals surface area contributed by atoms with Gasteiger partial charge in [0.15, 0.2) is 0 Å². The Morgan fingerprint density at radius 2 is 2.23 bits per heavy atom. The summed E-state index contributed by atoms with van der Waals surface area (Å²) >= 11 is 0. The molecule has 68 valence electrons. The molecule has 0 amide bonds. The first-order chi connectivity index (χ1) is 6.22. The molecule has 0 aliphatic carbocycles. The first kappa shape index (κ1) is 8.07. The monoisotopic (exact) mass is 180 g/mol. The number of halogens is 1. The number of nitrogens with two attached hydrogens (primary N) is 1. The summed E-state index contributed by atoms with van der Waals surface area (Å²) in [6.45, 7) is 0.299. The van der Waals surface area contributed by atoms with Crippen LogP contribution in [0.3, 0.4) is 0 Å². The molecule has 0 saturated heterocycles. The predicted molar refractivity (Wildman–Crippen MR) is 47.8 cm³/mol. The molecule has 0 aliphatic heterocycles. The van der Waals surface area contributed by atoms with Crippen molar-refractivity contribution < 1.29 is 9.50 Å². The number of hydrogen-bond donors (Lipinski definition) is 3. The fourth-order valence-electron chi connectivity index (χ4n) is 1.34. The second-order valence-corrected chi connectivity index (χ2v) is 2.85. The van der Waals surface area contributed by atoms with Gasteiger partial charge in [-0.1, -0.05) is 0 Å². The van der Waals surface area contributed by atoms with Crippen LogP contribution in [0.1, 0.15) is 5.69 Å². The van der Waals surface area contributed by atoms with Gasteiger partial charge in [0.25, 0.3) is 0 Å². The number of nitrogens with one attached hydrogen (secondary N) is 1. The molecule has 2 aromatic rings. The lowest BCUT2D eigenvalue weighted by Gasteiger charge is -1.94. The minimum absolute atomic E-state index is 0.0624. The lowest BCUT2D eigenvalue weighted by molar-refractivity contribution is 0.480. The average molecular weight is 180 g/mol. The van der Waals surface area contributed by atoms with E-state index in [4.69, 9.17) is 5.73 Å². The van der Waals surface area contributed by atoms with E-state index in [0.29, 0.717) is 23.1 Å². The van der Waals surface area contributed by atoms with E-state index in [-0.39, 0.29) is 11.6 Å². The zero-order chi connectivity index (χ0) is 9.42. The Hall–Kier alpha value is -1.55. The van der Waals surface area contributed by atoms with Crippen LogP contribution in [-0.2, 0) is 6.54 Å².